The molecule has 1 aromatic heterocycles. The lowest BCUT2D eigenvalue weighted by atomic mass is 10.1. The number of hydrogen-bond acceptors (Lipinski definition) is 3. The first-order chi connectivity index (χ1) is 11.0. The van der Waals surface area contributed by atoms with Gasteiger partial charge in [0.25, 0.3) is 5.91 Å². The summed E-state index contributed by atoms with van der Waals surface area (Å²) in [4.78, 5) is 12.4. The monoisotopic (exact) mass is 390 g/mol. The fourth-order valence-electron chi connectivity index (χ4n) is 2.15. The number of aromatic nitrogens is 3. The summed E-state index contributed by atoms with van der Waals surface area (Å²) in [6.07, 6.45) is 1.63. The number of benzene rings is 2. The van der Waals surface area contributed by atoms with Gasteiger partial charge in [-0.15, -0.1) is 10.2 Å². The highest BCUT2D eigenvalue weighted by molar-refractivity contribution is 9.10. The maximum Gasteiger partial charge on any atom is 0.257 e. The maximum absolute atomic E-state index is 12.4. The van der Waals surface area contributed by atoms with Crippen molar-refractivity contribution >= 4 is 39.1 Å². The number of rotatable bonds is 3. The third-order valence-corrected chi connectivity index (χ3v) is 4.09. The number of nitrogens with one attached hydrogen (secondary N) is 1. The van der Waals surface area contributed by atoms with Gasteiger partial charge in [0.05, 0.1) is 10.6 Å². The number of anilines is 1. The first-order valence-corrected chi connectivity index (χ1v) is 7.92. The minimum Gasteiger partial charge on any atom is -0.322 e. The van der Waals surface area contributed by atoms with E-state index in [4.69, 9.17) is 11.6 Å². The van der Waals surface area contributed by atoms with Crippen molar-refractivity contribution in [3.05, 3.63) is 63.9 Å². The Bertz CT molecular complexity index is 878. The molecule has 0 spiro atoms. The molecule has 0 bridgehead atoms. The first-order valence-electron chi connectivity index (χ1n) is 6.75. The average molecular weight is 392 g/mol. The predicted molar refractivity (Wildman–Crippen MR) is 93.5 cm³/mol. The molecule has 3 aromatic rings. The molecule has 0 fully saturated rings. The molecule has 0 aliphatic heterocycles. The fourth-order valence-corrected chi connectivity index (χ4v) is 2.71. The Balaban J connectivity index is 1.87. The second kappa shape index (κ2) is 6.52. The highest BCUT2D eigenvalue weighted by Crippen LogP contribution is 2.24. The molecular weight excluding hydrogens is 380 g/mol. The predicted octanol–water partition coefficient (Wildman–Crippen LogP) is 4.15. The SMILES string of the molecule is Cn1cnnc1-c1cccc(NC(=O)c2cc(Br)ccc2Cl)c1. The van der Waals surface area contributed by atoms with Crippen molar-refractivity contribution in [3.8, 4) is 11.4 Å². The molecule has 0 aliphatic rings. The van der Waals surface area contributed by atoms with Crippen molar-refractivity contribution in [2.24, 2.45) is 7.05 Å². The Hall–Kier alpha value is -2.18. The van der Waals surface area contributed by atoms with E-state index in [9.17, 15) is 4.79 Å². The van der Waals surface area contributed by atoms with Gasteiger partial charge in [0, 0.05) is 22.8 Å². The van der Waals surface area contributed by atoms with Crippen LogP contribution >= 0.6 is 27.5 Å². The Morgan fingerprint density at radius 1 is 1.26 bits per heavy atom. The lowest BCUT2D eigenvalue weighted by Gasteiger charge is -2.09. The Kier molecular flexibility index (Phi) is 4.45. The quantitative estimate of drug-likeness (QED) is 0.729. The van der Waals surface area contributed by atoms with Crippen LogP contribution in [0.2, 0.25) is 5.02 Å². The van der Waals surface area contributed by atoms with E-state index in [2.05, 4.69) is 31.4 Å². The zero-order valence-corrected chi connectivity index (χ0v) is 14.5. The van der Waals surface area contributed by atoms with Gasteiger partial charge in [0.1, 0.15) is 6.33 Å². The topological polar surface area (TPSA) is 59.8 Å². The van der Waals surface area contributed by atoms with Gasteiger partial charge < -0.3 is 9.88 Å². The van der Waals surface area contributed by atoms with Crippen LogP contribution in [0.15, 0.2) is 53.3 Å². The molecule has 0 saturated heterocycles. The lowest BCUT2D eigenvalue weighted by Crippen LogP contribution is -2.12. The standard InChI is InChI=1S/C16H12BrClN4O/c1-22-9-19-21-15(22)10-3-2-4-12(7-10)20-16(23)13-8-11(17)5-6-14(13)18/h2-9H,1H3,(H,20,23). The van der Waals surface area contributed by atoms with Crippen LogP contribution in [0.25, 0.3) is 11.4 Å². The largest absolute Gasteiger partial charge is 0.322 e. The van der Waals surface area contributed by atoms with E-state index in [1.54, 1.807) is 24.5 Å². The van der Waals surface area contributed by atoms with Crippen LogP contribution in [0, 0.1) is 0 Å². The summed E-state index contributed by atoms with van der Waals surface area (Å²) in [6, 6.07) is 12.6. The van der Waals surface area contributed by atoms with Gasteiger partial charge in [0.2, 0.25) is 0 Å². The highest BCUT2D eigenvalue weighted by atomic mass is 79.9. The number of hydrogen-bond donors (Lipinski definition) is 1. The summed E-state index contributed by atoms with van der Waals surface area (Å²) in [5, 5.41) is 11.2. The molecule has 0 unspecified atom stereocenters. The van der Waals surface area contributed by atoms with Gasteiger partial charge in [-0.25, -0.2) is 0 Å². The number of halogens is 2. The second-order valence-electron chi connectivity index (χ2n) is 4.92. The zero-order valence-electron chi connectivity index (χ0n) is 12.1. The van der Waals surface area contributed by atoms with Crippen LogP contribution in [0.4, 0.5) is 5.69 Å². The van der Waals surface area contributed by atoms with Crippen LogP contribution in [0.1, 0.15) is 10.4 Å². The van der Waals surface area contributed by atoms with Crippen LogP contribution in [0.3, 0.4) is 0 Å². The van der Waals surface area contributed by atoms with Crippen molar-refractivity contribution in [2.75, 3.05) is 5.32 Å². The minimum atomic E-state index is -0.272. The van der Waals surface area contributed by atoms with Crippen molar-refractivity contribution in [3.63, 3.8) is 0 Å². The van der Waals surface area contributed by atoms with Crippen LogP contribution in [0.5, 0.6) is 0 Å². The van der Waals surface area contributed by atoms with Crippen molar-refractivity contribution in [1.82, 2.24) is 14.8 Å². The molecule has 3 rings (SSSR count). The number of amides is 1. The molecule has 7 heteroatoms. The van der Waals surface area contributed by atoms with Crippen molar-refractivity contribution in [2.45, 2.75) is 0 Å². The third-order valence-electron chi connectivity index (χ3n) is 3.26. The summed E-state index contributed by atoms with van der Waals surface area (Å²) in [7, 11) is 1.86. The lowest BCUT2D eigenvalue weighted by molar-refractivity contribution is 0.102. The van der Waals surface area contributed by atoms with Crippen LogP contribution < -0.4 is 5.32 Å². The number of carbonyl (C=O) groups is 1. The van der Waals surface area contributed by atoms with E-state index in [0.29, 0.717) is 16.3 Å². The number of carbonyl (C=O) groups excluding carboxylic acids is 1. The second-order valence-corrected chi connectivity index (χ2v) is 6.25. The first kappa shape index (κ1) is 15.7. The van der Waals surface area contributed by atoms with E-state index in [1.165, 1.54) is 0 Å². The van der Waals surface area contributed by atoms with E-state index >= 15 is 0 Å². The van der Waals surface area contributed by atoms with Gasteiger partial charge in [-0.2, -0.15) is 0 Å². The summed E-state index contributed by atoms with van der Waals surface area (Å²) in [5.74, 6) is 0.452. The van der Waals surface area contributed by atoms with Crippen molar-refractivity contribution < 1.29 is 4.79 Å². The van der Waals surface area contributed by atoms with Gasteiger partial charge in [0.15, 0.2) is 5.82 Å². The van der Waals surface area contributed by atoms with Gasteiger partial charge in [-0.3, -0.25) is 4.79 Å². The van der Waals surface area contributed by atoms with Crippen LogP contribution in [-0.2, 0) is 7.05 Å². The third kappa shape index (κ3) is 3.43. The Morgan fingerprint density at radius 3 is 2.83 bits per heavy atom. The highest BCUT2D eigenvalue weighted by Gasteiger charge is 2.12. The Labute approximate surface area is 146 Å². The number of aryl methyl sites for hydroxylation is 1. The molecule has 0 atom stereocenters. The molecule has 2 aromatic carbocycles. The minimum absolute atomic E-state index is 0.272. The molecule has 1 heterocycles. The van der Waals surface area contributed by atoms with E-state index < -0.39 is 0 Å². The molecule has 0 saturated carbocycles. The molecule has 23 heavy (non-hydrogen) atoms. The summed E-state index contributed by atoms with van der Waals surface area (Å²) < 4.78 is 2.60. The summed E-state index contributed by atoms with van der Waals surface area (Å²) in [6.45, 7) is 0. The smallest absolute Gasteiger partial charge is 0.257 e. The van der Waals surface area contributed by atoms with Crippen LogP contribution in [-0.4, -0.2) is 20.7 Å². The zero-order chi connectivity index (χ0) is 16.4. The summed E-state index contributed by atoms with van der Waals surface area (Å²) in [5.41, 5.74) is 1.93. The molecule has 0 radical (unpaired) electrons. The normalized spacial score (nSPS) is 10.6. The summed E-state index contributed by atoms with van der Waals surface area (Å²) >= 11 is 9.43. The van der Waals surface area contributed by atoms with Crippen molar-refractivity contribution in [1.29, 1.82) is 0 Å². The fraction of sp³-hybridized carbons (Fsp3) is 0.0625. The molecule has 116 valence electrons. The van der Waals surface area contributed by atoms with E-state index in [-0.39, 0.29) is 5.91 Å². The number of nitrogens with zero attached hydrogens (tertiary/aromatic N) is 3. The molecule has 5 nitrogen and oxygen atoms in total. The van der Waals surface area contributed by atoms with Gasteiger partial charge in [-0.05, 0) is 30.3 Å². The van der Waals surface area contributed by atoms with E-state index in [0.717, 1.165) is 15.9 Å². The Morgan fingerprint density at radius 2 is 2.09 bits per heavy atom. The molecule has 1 amide bonds. The van der Waals surface area contributed by atoms with Gasteiger partial charge >= 0.3 is 0 Å². The molecular formula is C16H12BrClN4O. The maximum atomic E-state index is 12.4. The molecule has 0 aliphatic carbocycles. The average Bonchev–Trinajstić information content (AvgIpc) is 2.96. The van der Waals surface area contributed by atoms with Gasteiger partial charge in [-0.1, -0.05) is 39.7 Å². The molecule has 1 N–H and O–H groups in total. The van der Waals surface area contributed by atoms with E-state index in [1.807, 2.05) is 35.9 Å².